The van der Waals surface area contributed by atoms with Crippen LogP contribution < -0.4 is 24.0 Å². The van der Waals surface area contributed by atoms with E-state index in [1.54, 1.807) is 30.7 Å². The number of thiazole rings is 1. The maximum absolute atomic E-state index is 16.0. The molecule has 0 amide bonds. The van der Waals surface area contributed by atoms with E-state index in [9.17, 15) is 8.42 Å². The highest BCUT2D eigenvalue weighted by atomic mass is 35.5. The van der Waals surface area contributed by atoms with E-state index in [2.05, 4.69) is 15.2 Å². The summed E-state index contributed by atoms with van der Waals surface area (Å²) in [6.45, 7) is 2.30. The van der Waals surface area contributed by atoms with Crippen LogP contribution in [0.4, 0.5) is 20.9 Å². The number of nitrogens with zero attached hydrogens (tertiary/aromatic N) is 3. The molecular weight excluding hydrogens is 623 g/mol. The second-order valence-corrected chi connectivity index (χ2v) is 14.1. The Kier molecular flexibility index (Phi) is 8.89. The van der Waals surface area contributed by atoms with E-state index in [0.717, 1.165) is 59.9 Å². The van der Waals surface area contributed by atoms with Gasteiger partial charge in [0.2, 0.25) is 0 Å². The van der Waals surface area contributed by atoms with Crippen LogP contribution in [0.25, 0.3) is 0 Å². The molecule has 1 N–H and O–H groups in total. The summed E-state index contributed by atoms with van der Waals surface area (Å²) in [7, 11) is -1.31. The fourth-order valence-corrected chi connectivity index (χ4v) is 8.15. The van der Waals surface area contributed by atoms with Crippen LogP contribution in [-0.4, -0.2) is 40.7 Å². The van der Waals surface area contributed by atoms with E-state index in [0.29, 0.717) is 34.3 Å². The Bertz CT molecular complexity index is 1740. The van der Waals surface area contributed by atoms with Crippen LogP contribution in [0.5, 0.6) is 11.5 Å². The molecule has 3 aromatic carbocycles. The van der Waals surface area contributed by atoms with E-state index < -0.39 is 15.8 Å². The van der Waals surface area contributed by atoms with Gasteiger partial charge in [-0.2, -0.15) is 0 Å². The van der Waals surface area contributed by atoms with Crippen molar-refractivity contribution in [3.05, 3.63) is 87.6 Å². The highest BCUT2D eigenvalue weighted by molar-refractivity contribution is 7.93. The predicted octanol–water partition coefficient (Wildman–Crippen LogP) is 7.44. The minimum atomic E-state index is -4.36. The maximum atomic E-state index is 16.0. The van der Waals surface area contributed by atoms with Gasteiger partial charge in [0, 0.05) is 59.2 Å². The van der Waals surface area contributed by atoms with Gasteiger partial charge >= 0.3 is 0 Å². The standard InChI is InChI=1S/C32H34ClFN4O4S2/c1-41-25-10-8-23(30(16-25)42-2)20-38(32-35-11-14-43-32)44(39,40)31-17-26(21-5-6-21)28(18-27(31)34)36-19-22-7-9-24(33)15-29(22)37-12-3-4-13-37/h7-11,14-18,21,36H,3-6,12-13,19-20H2,1-2H3. The van der Waals surface area contributed by atoms with Crippen LogP contribution in [0, 0.1) is 5.82 Å². The molecule has 44 heavy (non-hydrogen) atoms. The van der Waals surface area contributed by atoms with E-state index >= 15 is 4.39 Å². The van der Waals surface area contributed by atoms with Gasteiger partial charge in [0.1, 0.15) is 22.2 Å². The summed E-state index contributed by atoms with van der Waals surface area (Å²) < 4.78 is 56.4. The average Bonchev–Trinajstić information content (AvgIpc) is 3.45. The number of aromatic nitrogens is 1. The topological polar surface area (TPSA) is 84.0 Å². The van der Waals surface area contributed by atoms with E-state index in [1.807, 2.05) is 18.2 Å². The van der Waals surface area contributed by atoms with Crippen molar-refractivity contribution in [1.29, 1.82) is 0 Å². The van der Waals surface area contributed by atoms with Crippen LogP contribution >= 0.6 is 22.9 Å². The van der Waals surface area contributed by atoms with Crippen molar-refractivity contribution >= 4 is 49.5 Å². The summed E-state index contributed by atoms with van der Waals surface area (Å²) in [4.78, 5) is 6.22. The van der Waals surface area contributed by atoms with Gasteiger partial charge in [0.05, 0.1) is 20.8 Å². The smallest absolute Gasteiger partial charge is 0.269 e. The molecule has 8 nitrogen and oxygen atoms in total. The molecule has 2 heterocycles. The highest BCUT2D eigenvalue weighted by Crippen LogP contribution is 2.46. The van der Waals surface area contributed by atoms with Crippen LogP contribution in [0.3, 0.4) is 0 Å². The molecule has 1 aromatic heterocycles. The number of nitrogens with one attached hydrogen (secondary N) is 1. The molecule has 1 saturated heterocycles. The van der Waals surface area contributed by atoms with Gasteiger partial charge in [-0.05, 0) is 79.1 Å². The molecule has 4 aromatic rings. The largest absolute Gasteiger partial charge is 0.497 e. The molecule has 0 unspecified atom stereocenters. The third-order valence-electron chi connectivity index (χ3n) is 8.09. The Morgan fingerprint density at radius 3 is 2.52 bits per heavy atom. The number of hydrogen-bond donors (Lipinski definition) is 1. The van der Waals surface area contributed by atoms with Crippen LogP contribution in [0.15, 0.2) is 65.0 Å². The monoisotopic (exact) mass is 656 g/mol. The molecule has 0 spiro atoms. The summed E-state index contributed by atoms with van der Waals surface area (Å²) in [5.41, 5.74) is 4.11. The summed E-state index contributed by atoms with van der Waals surface area (Å²) in [5.74, 6) is 0.361. The van der Waals surface area contributed by atoms with Gasteiger partial charge in [0.25, 0.3) is 10.0 Å². The highest BCUT2D eigenvalue weighted by Gasteiger charge is 2.34. The van der Waals surface area contributed by atoms with Crippen molar-refractivity contribution in [1.82, 2.24) is 4.98 Å². The molecule has 0 atom stereocenters. The minimum Gasteiger partial charge on any atom is -0.497 e. The zero-order valence-corrected chi connectivity index (χ0v) is 26.9. The molecule has 0 bridgehead atoms. The summed E-state index contributed by atoms with van der Waals surface area (Å²) in [6.07, 6.45) is 5.63. The summed E-state index contributed by atoms with van der Waals surface area (Å²) in [6, 6.07) is 13.8. The SMILES string of the molecule is COc1ccc(CN(c2nccs2)S(=O)(=O)c2cc(C3CC3)c(NCc3ccc(Cl)cc3N3CCCC3)cc2F)c(OC)c1. The molecule has 232 valence electrons. The number of methoxy groups -OCH3 is 2. The van der Waals surface area contributed by atoms with Gasteiger partial charge < -0.3 is 19.7 Å². The number of hydrogen-bond acceptors (Lipinski definition) is 8. The number of rotatable bonds is 12. The summed E-state index contributed by atoms with van der Waals surface area (Å²) in [5, 5.41) is 6.01. The Hall–Kier alpha value is -3.54. The average molecular weight is 657 g/mol. The van der Waals surface area contributed by atoms with Crippen molar-refractivity contribution < 1.29 is 22.3 Å². The van der Waals surface area contributed by atoms with E-state index in [1.165, 1.54) is 36.8 Å². The molecule has 0 radical (unpaired) electrons. The number of sulfonamides is 1. The van der Waals surface area contributed by atoms with Crippen molar-refractivity contribution in [3.8, 4) is 11.5 Å². The van der Waals surface area contributed by atoms with Crippen LogP contribution in [-0.2, 0) is 23.1 Å². The van der Waals surface area contributed by atoms with Gasteiger partial charge in [-0.15, -0.1) is 11.3 Å². The number of ether oxygens (including phenoxy) is 2. The minimum absolute atomic E-state index is 0.100. The molecule has 6 rings (SSSR count). The van der Waals surface area contributed by atoms with Gasteiger partial charge in [0.15, 0.2) is 5.13 Å². The lowest BCUT2D eigenvalue weighted by Crippen LogP contribution is -2.31. The lowest BCUT2D eigenvalue weighted by Gasteiger charge is -2.25. The normalized spacial score (nSPS) is 15.0. The van der Waals surface area contributed by atoms with Crippen molar-refractivity contribution in [2.75, 3.05) is 41.8 Å². The number of halogens is 2. The Morgan fingerprint density at radius 1 is 1.07 bits per heavy atom. The van der Waals surface area contributed by atoms with Crippen molar-refractivity contribution in [3.63, 3.8) is 0 Å². The Balaban J connectivity index is 1.33. The first-order valence-corrected chi connectivity index (χ1v) is 17.2. The lowest BCUT2D eigenvalue weighted by atomic mass is 10.1. The van der Waals surface area contributed by atoms with E-state index in [4.69, 9.17) is 21.1 Å². The third kappa shape index (κ3) is 6.31. The van der Waals surface area contributed by atoms with Crippen molar-refractivity contribution in [2.24, 2.45) is 0 Å². The zero-order valence-electron chi connectivity index (χ0n) is 24.6. The predicted molar refractivity (Wildman–Crippen MR) is 174 cm³/mol. The number of benzene rings is 3. The number of anilines is 3. The lowest BCUT2D eigenvalue weighted by molar-refractivity contribution is 0.391. The second kappa shape index (κ2) is 12.8. The van der Waals surface area contributed by atoms with Crippen LogP contribution in [0.1, 0.15) is 48.3 Å². The first kappa shape index (κ1) is 30.5. The van der Waals surface area contributed by atoms with Gasteiger partial charge in [-0.25, -0.2) is 22.1 Å². The Labute approximate surface area is 266 Å². The molecule has 2 fully saturated rings. The molecule has 1 saturated carbocycles. The maximum Gasteiger partial charge on any atom is 0.269 e. The summed E-state index contributed by atoms with van der Waals surface area (Å²) >= 11 is 7.50. The second-order valence-electron chi connectivity index (χ2n) is 11.0. The van der Waals surface area contributed by atoms with Crippen LogP contribution in [0.2, 0.25) is 5.02 Å². The fourth-order valence-electron chi connectivity index (χ4n) is 5.63. The molecule has 12 heteroatoms. The molecular formula is C32H34ClFN4O4S2. The van der Waals surface area contributed by atoms with Gasteiger partial charge in [-0.1, -0.05) is 17.7 Å². The molecule has 1 aliphatic carbocycles. The zero-order chi connectivity index (χ0) is 30.8. The first-order chi connectivity index (χ1) is 21.3. The quantitative estimate of drug-likeness (QED) is 0.170. The molecule has 2 aliphatic rings. The third-order valence-corrected chi connectivity index (χ3v) is 11.0. The fraction of sp³-hybridized carbons (Fsp3) is 0.344. The first-order valence-electron chi connectivity index (χ1n) is 14.5. The van der Waals surface area contributed by atoms with Gasteiger partial charge in [-0.3, -0.25) is 0 Å². The van der Waals surface area contributed by atoms with E-state index in [-0.39, 0.29) is 22.5 Å². The van der Waals surface area contributed by atoms with Crippen molar-refractivity contribution in [2.45, 2.75) is 49.6 Å². The molecule has 1 aliphatic heterocycles. The Morgan fingerprint density at radius 2 is 1.84 bits per heavy atom.